The molecular weight excluding hydrogens is 486 g/mol. The summed E-state index contributed by atoms with van der Waals surface area (Å²) in [5, 5.41) is 14.5. The number of pyridine rings is 1. The molecule has 0 spiro atoms. The van der Waals surface area contributed by atoms with Crippen LogP contribution in [0, 0.1) is 0 Å². The third-order valence-electron chi connectivity index (χ3n) is 6.31. The van der Waals surface area contributed by atoms with E-state index < -0.39 is 22.2 Å². The Morgan fingerprint density at radius 2 is 1.94 bits per heavy atom. The third-order valence-corrected chi connectivity index (χ3v) is 7.67. The van der Waals surface area contributed by atoms with Gasteiger partial charge in [-0.15, -0.1) is 4.40 Å². The molecule has 190 valence electrons. The first kappa shape index (κ1) is 24.0. The SMILES string of the molecule is NC(=O)COc1ccc2c(c1)S(O)(O)N=C(c1c(O)c3ccccc3n(NC3CCCCC3)c1=O)N2. The van der Waals surface area contributed by atoms with Gasteiger partial charge in [-0.25, -0.2) is 4.68 Å². The van der Waals surface area contributed by atoms with E-state index in [0.717, 1.165) is 32.1 Å². The molecule has 36 heavy (non-hydrogen) atoms. The number of ether oxygens (including phenoxy) is 1. The lowest BCUT2D eigenvalue weighted by Gasteiger charge is -2.34. The van der Waals surface area contributed by atoms with E-state index in [1.165, 1.54) is 22.9 Å². The van der Waals surface area contributed by atoms with E-state index in [4.69, 9.17) is 10.5 Å². The van der Waals surface area contributed by atoms with Crippen LogP contribution in [-0.2, 0) is 4.79 Å². The fourth-order valence-electron chi connectivity index (χ4n) is 4.59. The van der Waals surface area contributed by atoms with Crippen molar-refractivity contribution in [3.63, 3.8) is 0 Å². The maximum Gasteiger partial charge on any atom is 0.284 e. The molecule has 7 N–H and O–H groups in total. The molecule has 0 atom stereocenters. The van der Waals surface area contributed by atoms with Gasteiger partial charge in [0.15, 0.2) is 12.4 Å². The summed E-state index contributed by atoms with van der Waals surface area (Å²) in [6.45, 7) is -0.377. The van der Waals surface area contributed by atoms with Gasteiger partial charge in [-0.2, -0.15) is 0 Å². The molecule has 2 heterocycles. The van der Waals surface area contributed by atoms with Gasteiger partial charge in [0.1, 0.15) is 22.0 Å². The zero-order valence-corrected chi connectivity index (χ0v) is 20.1. The minimum Gasteiger partial charge on any atom is -0.506 e. The summed E-state index contributed by atoms with van der Waals surface area (Å²) in [5.41, 5.74) is 8.43. The van der Waals surface area contributed by atoms with E-state index in [2.05, 4.69) is 15.1 Å². The smallest absolute Gasteiger partial charge is 0.284 e. The second-order valence-corrected chi connectivity index (χ2v) is 10.5. The Labute approximate surface area is 208 Å². The number of fused-ring (bicyclic) bond motifs is 2. The number of para-hydroxylation sites is 1. The molecule has 0 radical (unpaired) electrons. The van der Waals surface area contributed by atoms with Gasteiger partial charge in [0.05, 0.1) is 11.2 Å². The number of hydrogen-bond donors (Lipinski definition) is 6. The summed E-state index contributed by atoms with van der Waals surface area (Å²) in [6.07, 6.45) is 5.12. The maximum atomic E-state index is 13.7. The fraction of sp³-hybridized carbons (Fsp3) is 0.292. The quantitative estimate of drug-likeness (QED) is 0.291. The van der Waals surface area contributed by atoms with E-state index in [1.807, 2.05) is 0 Å². The Morgan fingerprint density at radius 1 is 1.19 bits per heavy atom. The number of aromatic hydroxyl groups is 1. The van der Waals surface area contributed by atoms with Crippen molar-refractivity contribution in [1.29, 1.82) is 0 Å². The Kier molecular flexibility index (Phi) is 6.24. The zero-order valence-electron chi connectivity index (χ0n) is 19.3. The highest BCUT2D eigenvalue weighted by Gasteiger charge is 2.31. The average molecular weight is 514 g/mol. The van der Waals surface area contributed by atoms with Gasteiger partial charge in [0.25, 0.3) is 11.5 Å². The number of amides is 1. The van der Waals surface area contributed by atoms with Crippen LogP contribution >= 0.6 is 10.8 Å². The van der Waals surface area contributed by atoms with Gasteiger partial charge in [0.2, 0.25) is 0 Å². The van der Waals surface area contributed by atoms with Crippen LogP contribution in [0.2, 0.25) is 0 Å². The van der Waals surface area contributed by atoms with E-state index in [0.29, 0.717) is 10.9 Å². The molecule has 1 saturated carbocycles. The summed E-state index contributed by atoms with van der Waals surface area (Å²) in [7, 11) is -3.78. The molecule has 5 rings (SSSR count). The first-order valence-electron chi connectivity index (χ1n) is 11.6. The largest absolute Gasteiger partial charge is 0.506 e. The first-order chi connectivity index (χ1) is 17.2. The summed E-state index contributed by atoms with van der Waals surface area (Å²) in [6, 6.07) is 11.4. The van der Waals surface area contributed by atoms with Crippen molar-refractivity contribution in [3.8, 4) is 11.5 Å². The Hall–Kier alpha value is -3.74. The number of hydrogen-bond acceptors (Lipinski definition) is 9. The second-order valence-electron chi connectivity index (χ2n) is 8.84. The molecule has 3 aromatic rings. The predicted molar refractivity (Wildman–Crippen MR) is 139 cm³/mol. The van der Waals surface area contributed by atoms with Crippen LogP contribution < -0.4 is 26.8 Å². The number of aromatic nitrogens is 1. The molecule has 1 aromatic heterocycles. The number of nitrogens with two attached hydrogens (primary N) is 1. The number of anilines is 1. The Morgan fingerprint density at radius 3 is 2.69 bits per heavy atom. The molecule has 0 bridgehead atoms. The summed E-state index contributed by atoms with van der Waals surface area (Å²) in [4.78, 5) is 24.7. The van der Waals surface area contributed by atoms with Crippen molar-refractivity contribution >= 4 is 39.1 Å². The highest BCUT2D eigenvalue weighted by molar-refractivity contribution is 8.23. The standard InChI is InChI=1S/C24H27N5O6S/c25-20(30)13-35-15-10-11-17-19(12-15)36(33,34)28-23(26-17)21-22(31)16-8-4-5-9-18(16)29(24(21)32)27-14-6-2-1-3-7-14/h4-5,8-12,14,27,31,33-34H,1-3,6-7,13H2,(H2,25,30)(H,26,28). The highest BCUT2D eigenvalue weighted by Crippen LogP contribution is 2.56. The van der Waals surface area contributed by atoms with Crippen LogP contribution in [0.1, 0.15) is 37.7 Å². The molecular formula is C24H27N5O6S. The van der Waals surface area contributed by atoms with Crippen molar-refractivity contribution in [1.82, 2.24) is 4.68 Å². The van der Waals surface area contributed by atoms with E-state index in [1.54, 1.807) is 24.3 Å². The van der Waals surface area contributed by atoms with Gasteiger partial charge in [-0.3, -0.25) is 18.7 Å². The fourth-order valence-corrected chi connectivity index (χ4v) is 5.77. The van der Waals surface area contributed by atoms with Crippen LogP contribution in [0.4, 0.5) is 5.69 Å². The average Bonchev–Trinajstić information content (AvgIpc) is 2.86. The minimum absolute atomic E-state index is 0.0224. The van der Waals surface area contributed by atoms with Crippen molar-refractivity contribution in [3.05, 3.63) is 58.4 Å². The van der Waals surface area contributed by atoms with Gasteiger partial charge >= 0.3 is 0 Å². The number of carbonyl (C=O) groups excluding carboxylic acids is 1. The maximum absolute atomic E-state index is 13.7. The van der Waals surface area contributed by atoms with E-state index >= 15 is 0 Å². The number of benzene rings is 2. The van der Waals surface area contributed by atoms with Crippen LogP contribution in [0.15, 0.2) is 56.6 Å². The molecule has 0 unspecified atom stereocenters. The molecule has 11 nitrogen and oxygen atoms in total. The molecule has 2 aromatic carbocycles. The van der Waals surface area contributed by atoms with Crippen molar-refractivity contribution in [2.45, 2.75) is 43.0 Å². The van der Waals surface area contributed by atoms with Crippen molar-refractivity contribution in [2.75, 3.05) is 17.3 Å². The third kappa shape index (κ3) is 4.45. The van der Waals surface area contributed by atoms with Gasteiger partial charge in [-0.05, 0) is 37.1 Å². The lowest BCUT2D eigenvalue weighted by Crippen LogP contribution is -2.40. The number of carbonyl (C=O) groups is 1. The minimum atomic E-state index is -3.78. The van der Waals surface area contributed by atoms with E-state index in [9.17, 15) is 23.8 Å². The molecule has 1 fully saturated rings. The summed E-state index contributed by atoms with van der Waals surface area (Å²) >= 11 is 0. The second kappa shape index (κ2) is 9.37. The predicted octanol–water partition coefficient (Wildman–Crippen LogP) is 3.34. The van der Waals surface area contributed by atoms with Crippen LogP contribution in [0.5, 0.6) is 11.5 Å². The molecule has 2 aliphatic rings. The van der Waals surface area contributed by atoms with Crippen molar-refractivity contribution < 1.29 is 23.7 Å². The number of amidine groups is 1. The Balaban J connectivity index is 1.59. The molecule has 1 amide bonds. The number of rotatable bonds is 6. The highest BCUT2D eigenvalue weighted by atomic mass is 32.3. The molecule has 12 heteroatoms. The van der Waals surface area contributed by atoms with Gasteiger partial charge in [-0.1, -0.05) is 42.2 Å². The summed E-state index contributed by atoms with van der Waals surface area (Å²) in [5.74, 6) is -0.965. The van der Waals surface area contributed by atoms with Crippen LogP contribution in [0.25, 0.3) is 10.9 Å². The lowest BCUT2D eigenvalue weighted by molar-refractivity contribution is -0.119. The number of nitrogens with zero attached hydrogens (tertiary/aromatic N) is 2. The molecule has 1 aliphatic heterocycles. The number of primary amides is 1. The van der Waals surface area contributed by atoms with E-state index in [-0.39, 0.29) is 46.1 Å². The zero-order chi connectivity index (χ0) is 25.4. The van der Waals surface area contributed by atoms with Crippen molar-refractivity contribution in [2.24, 2.45) is 10.1 Å². The first-order valence-corrected chi connectivity index (χ1v) is 13.1. The monoisotopic (exact) mass is 513 g/mol. The summed E-state index contributed by atoms with van der Waals surface area (Å²) < 4.78 is 32.4. The topological polar surface area (TPSA) is 171 Å². The Bertz CT molecular complexity index is 1430. The molecule has 0 saturated heterocycles. The van der Waals surface area contributed by atoms with Gasteiger partial charge < -0.3 is 26.3 Å². The normalized spacial score (nSPS) is 18.0. The van der Waals surface area contributed by atoms with Crippen LogP contribution in [0.3, 0.4) is 0 Å². The van der Waals surface area contributed by atoms with Gasteiger partial charge in [0, 0.05) is 17.5 Å². The number of nitrogens with one attached hydrogen (secondary N) is 2. The lowest BCUT2D eigenvalue weighted by atomic mass is 9.96. The molecule has 1 aliphatic carbocycles. The van der Waals surface area contributed by atoms with Crippen LogP contribution in [-0.4, -0.2) is 43.3 Å².